The number of fused-ring (bicyclic) bond motifs is 2. The molecule has 1 amide bonds. The minimum atomic E-state index is -3.08. The number of amides is 1. The summed E-state index contributed by atoms with van der Waals surface area (Å²) in [6.45, 7) is 6.92. The Bertz CT molecular complexity index is 1410. The Kier molecular flexibility index (Phi) is 7.60. The van der Waals surface area contributed by atoms with Crippen molar-refractivity contribution in [3.8, 4) is 22.8 Å². The second-order valence-corrected chi connectivity index (χ2v) is 17.4. The number of hydrogen-bond acceptors (Lipinski definition) is 6. The first kappa shape index (κ1) is 27.8. The van der Waals surface area contributed by atoms with Crippen molar-refractivity contribution < 1.29 is 27.8 Å². The van der Waals surface area contributed by atoms with Crippen molar-refractivity contribution in [2.24, 2.45) is 5.92 Å². The maximum Gasteiger partial charge on any atom is 0.387 e. The van der Waals surface area contributed by atoms with Crippen LogP contribution in [0.3, 0.4) is 0 Å². The van der Waals surface area contributed by atoms with Crippen LogP contribution in [0.15, 0.2) is 18.3 Å². The molecule has 1 fully saturated rings. The highest BCUT2D eigenvalue weighted by atomic mass is 35.5. The van der Waals surface area contributed by atoms with Crippen LogP contribution in [-0.2, 0) is 18.0 Å². The standard InChI is InChI=1S/C27H33ClF2N4O4Si/c1-15(16-6-7-16)34-12-18-10-17(11-20(38-27(29)30)21(18)25(34)35)19-13-33(14-37-8-9-39(3,4)5)23-22(19)24(36-2)32-26(28)31-23/h10-11,13,15-16,27H,6-9,12,14H2,1-5H3/t15-/m0/s1. The summed E-state index contributed by atoms with van der Waals surface area (Å²) < 4.78 is 45.2. The number of alkyl halides is 2. The number of benzene rings is 1. The van der Waals surface area contributed by atoms with Gasteiger partial charge in [0.25, 0.3) is 5.91 Å². The molecule has 2 aliphatic rings. The molecule has 2 aromatic heterocycles. The van der Waals surface area contributed by atoms with Crippen LogP contribution >= 0.6 is 11.6 Å². The van der Waals surface area contributed by atoms with Crippen LogP contribution in [0.4, 0.5) is 8.78 Å². The number of hydrogen-bond donors (Lipinski definition) is 0. The van der Waals surface area contributed by atoms with E-state index in [0.717, 1.165) is 18.9 Å². The zero-order valence-electron chi connectivity index (χ0n) is 22.8. The van der Waals surface area contributed by atoms with Crippen molar-refractivity contribution >= 4 is 36.6 Å². The van der Waals surface area contributed by atoms with Gasteiger partial charge in [-0.15, -0.1) is 0 Å². The number of ether oxygens (including phenoxy) is 3. The summed E-state index contributed by atoms with van der Waals surface area (Å²) in [4.78, 5) is 23.7. The van der Waals surface area contributed by atoms with Gasteiger partial charge in [0.2, 0.25) is 11.2 Å². The normalized spacial score (nSPS) is 16.3. The molecule has 0 N–H and O–H groups in total. The lowest BCUT2D eigenvalue weighted by Crippen LogP contribution is -2.34. The van der Waals surface area contributed by atoms with Crippen LogP contribution in [0.25, 0.3) is 22.2 Å². The number of aromatic nitrogens is 3. The largest absolute Gasteiger partial charge is 0.480 e. The summed E-state index contributed by atoms with van der Waals surface area (Å²) in [6, 6.07) is 4.36. The van der Waals surface area contributed by atoms with E-state index in [1.54, 1.807) is 9.47 Å². The molecule has 1 aromatic carbocycles. The van der Waals surface area contributed by atoms with Crippen molar-refractivity contribution in [2.45, 2.75) is 71.4 Å². The molecular weight excluding hydrogens is 546 g/mol. The summed E-state index contributed by atoms with van der Waals surface area (Å²) in [6.07, 6.45) is 3.95. The van der Waals surface area contributed by atoms with Crippen LogP contribution in [0.1, 0.15) is 35.7 Å². The molecule has 5 rings (SSSR count). The van der Waals surface area contributed by atoms with Gasteiger partial charge in [-0.3, -0.25) is 4.79 Å². The molecule has 1 atom stereocenters. The Labute approximate surface area is 232 Å². The number of nitrogens with zero attached hydrogens (tertiary/aromatic N) is 4. The van der Waals surface area contributed by atoms with E-state index in [4.69, 9.17) is 25.8 Å². The van der Waals surface area contributed by atoms with Gasteiger partial charge in [-0.2, -0.15) is 18.7 Å². The minimum Gasteiger partial charge on any atom is -0.480 e. The van der Waals surface area contributed by atoms with Crippen LogP contribution in [0.2, 0.25) is 31.0 Å². The van der Waals surface area contributed by atoms with E-state index >= 15 is 0 Å². The van der Waals surface area contributed by atoms with Gasteiger partial charge in [-0.1, -0.05) is 19.6 Å². The third kappa shape index (κ3) is 5.76. The first-order valence-corrected chi connectivity index (χ1v) is 17.2. The van der Waals surface area contributed by atoms with Gasteiger partial charge in [-0.25, -0.2) is 0 Å². The summed E-state index contributed by atoms with van der Waals surface area (Å²) in [5.41, 5.74) is 2.54. The SMILES string of the molecule is COc1nc(Cl)nc2c1c(-c1cc3c(c(OC(F)F)c1)C(=O)N([C@@H](C)C1CC1)C3)cn2COCC[Si](C)(C)C. The lowest BCUT2D eigenvalue weighted by atomic mass is 9.99. The molecule has 1 aliphatic carbocycles. The van der Waals surface area contributed by atoms with E-state index in [9.17, 15) is 13.6 Å². The van der Waals surface area contributed by atoms with Crippen molar-refractivity contribution in [3.05, 3.63) is 34.7 Å². The van der Waals surface area contributed by atoms with Gasteiger partial charge in [0.1, 0.15) is 12.5 Å². The Morgan fingerprint density at radius 2 is 1.95 bits per heavy atom. The molecule has 8 nitrogen and oxygen atoms in total. The van der Waals surface area contributed by atoms with E-state index in [2.05, 4.69) is 29.6 Å². The molecule has 3 aromatic rings. The van der Waals surface area contributed by atoms with Gasteiger partial charge in [0.05, 0.1) is 18.1 Å². The smallest absolute Gasteiger partial charge is 0.387 e. The first-order valence-electron chi connectivity index (χ1n) is 13.1. The lowest BCUT2D eigenvalue weighted by Gasteiger charge is -2.24. The van der Waals surface area contributed by atoms with Gasteiger partial charge in [0.15, 0.2) is 5.65 Å². The molecule has 0 saturated heterocycles. The number of methoxy groups -OCH3 is 1. The summed E-state index contributed by atoms with van der Waals surface area (Å²) >= 11 is 6.21. The van der Waals surface area contributed by atoms with Crippen LogP contribution in [0, 0.1) is 5.92 Å². The van der Waals surface area contributed by atoms with Gasteiger partial charge in [0, 0.05) is 39.0 Å². The maximum absolute atomic E-state index is 13.5. The molecule has 0 unspecified atom stereocenters. The summed E-state index contributed by atoms with van der Waals surface area (Å²) in [7, 11) is 0.199. The van der Waals surface area contributed by atoms with Gasteiger partial charge >= 0.3 is 6.61 Å². The fourth-order valence-corrected chi connectivity index (χ4v) is 5.99. The zero-order valence-corrected chi connectivity index (χ0v) is 24.5. The summed E-state index contributed by atoms with van der Waals surface area (Å²) in [5.74, 6) is 0.261. The Morgan fingerprint density at radius 1 is 1.21 bits per heavy atom. The third-order valence-corrected chi connectivity index (χ3v) is 9.27. The zero-order chi connectivity index (χ0) is 28.1. The number of carbonyl (C=O) groups excluding carboxylic acids is 1. The number of carbonyl (C=O) groups is 1. The van der Waals surface area contributed by atoms with E-state index in [-0.39, 0.29) is 41.2 Å². The lowest BCUT2D eigenvalue weighted by molar-refractivity contribution is -0.0501. The molecule has 210 valence electrons. The summed E-state index contributed by atoms with van der Waals surface area (Å²) in [5, 5.41) is 0.574. The third-order valence-electron chi connectivity index (χ3n) is 7.40. The predicted octanol–water partition coefficient (Wildman–Crippen LogP) is 6.43. The van der Waals surface area contributed by atoms with Crippen LogP contribution < -0.4 is 9.47 Å². The number of halogens is 3. The van der Waals surface area contributed by atoms with Crippen LogP contribution in [-0.4, -0.2) is 59.8 Å². The monoisotopic (exact) mass is 578 g/mol. The van der Waals surface area contributed by atoms with Crippen LogP contribution in [0.5, 0.6) is 11.6 Å². The molecular formula is C27H33ClF2N4O4Si. The maximum atomic E-state index is 13.5. The molecule has 1 aliphatic heterocycles. The molecule has 39 heavy (non-hydrogen) atoms. The molecule has 3 heterocycles. The molecule has 0 bridgehead atoms. The molecule has 12 heteroatoms. The predicted molar refractivity (Wildman–Crippen MR) is 147 cm³/mol. The second kappa shape index (κ2) is 10.7. The Morgan fingerprint density at radius 3 is 2.59 bits per heavy atom. The van der Waals surface area contributed by atoms with Crippen molar-refractivity contribution in [1.82, 2.24) is 19.4 Å². The first-order chi connectivity index (χ1) is 18.5. The van der Waals surface area contributed by atoms with E-state index in [0.29, 0.717) is 46.8 Å². The topological polar surface area (TPSA) is 78.7 Å². The van der Waals surface area contributed by atoms with E-state index in [1.165, 1.54) is 13.2 Å². The van der Waals surface area contributed by atoms with Crippen molar-refractivity contribution in [1.29, 1.82) is 0 Å². The molecule has 0 radical (unpaired) electrons. The molecule has 1 saturated carbocycles. The molecule has 0 spiro atoms. The van der Waals surface area contributed by atoms with E-state index < -0.39 is 14.7 Å². The minimum absolute atomic E-state index is 0.0123. The highest BCUT2D eigenvalue weighted by Crippen LogP contribution is 2.44. The fraction of sp³-hybridized carbons (Fsp3) is 0.519. The fourth-order valence-electron chi connectivity index (χ4n) is 5.08. The van der Waals surface area contributed by atoms with Gasteiger partial charge < -0.3 is 23.7 Å². The quantitative estimate of drug-likeness (QED) is 0.148. The highest BCUT2D eigenvalue weighted by molar-refractivity contribution is 6.76. The van der Waals surface area contributed by atoms with Crippen molar-refractivity contribution in [3.63, 3.8) is 0 Å². The van der Waals surface area contributed by atoms with Crippen molar-refractivity contribution in [2.75, 3.05) is 13.7 Å². The van der Waals surface area contributed by atoms with Gasteiger partial charge in [-0.05, 0) is 66.6 Å². The highest BCUT2D eigenvalue weighted by Gasteiger charge is 2.40. The average molecular weight is 579 g/mol. The Hall–Kier alpha value is -2.76. The Balaban J connectivity index is 1.59. The second-order valence-electron chi connectivity index (χ2n) is 11.5. The van der Waals surface area contributed by atoms with E-state index in [1.807, 2.05) is 19.2 Å². The average Bonchev–Trinajstić information content (AvgIpc) is 3.57. The number of rotatable bonds is 11.